The molecular formula is C20H20N4O6. The van der Waals surface area contributed by atoms with Gasteiger partial charge in [-0.1, -0.05) is 18.2 Å². The lowest BCUT2D eigenvalue weighted by molar-refractivity contribution is -0.116. The molecule has 2 bridgehead atoms. The summed E-state index contributed by atoms with van der Waals surface area (Å²) in [5.74, 6) is -0.280. The van der Waals surface area contributed by atoms with E-state index in [1.165, 1.54) is 18.2 Å². The van der Waals surface area contributed by atoms with Crippen molar-refractivity contribution in [1.29, 1.82) is 0 Å². The molecule has 1 atom stereocenters. The van der Waals surface area contributed by atoms with Crippen LogP contribution in [0.15, 0.2) is 47.3 Å². The van der Waals surface area contributed by atoms with Gasteiger partial charge in [0.2, 0.25) is 11.5 Å². The maximum atomic E-state index is 12.3. The van der Waals surface area contributed by atoms with E-state index in [2.05, 4.69) is 20.9 Å². The molecule has 3 rings (SSSR count). The number of carbonyl (C=O) groups excluding carboxylic acids is 1. The van der Waals surface area contributed by atoms with Crippen molar-refractivity contribution in [1.82, 2.24) is 10.3 Å². The van der Waals surface area contributed by atoms with Gasteiger partial charge in [-0.05, 0) is 36.6 Å². The summed E-state index contributed by atoms with van der Waals surface area (Å²) in [4.78, 5) is 49.4. The van der Waals surface area contributed by atoms with E-state index in [0.29, 0.717) is 35.3 Å². The molecule has 0 saturated heterocycles. The maximum absolute atomic E-state index is 12.3. The first-order valence-electron chi connectivity index (χ1n) is 9.15. The molecule has 1 aromatic carbocycles. The molecule has 0 radical (unpaired) electrons. The van der Waals surface area contributed by atoms with Crippen molar-refractivity contribution in [2.45, 2.75) is 25.3 Å². The monoisotopic (exact) mass is 412 g/mol. The second-order valence-corrected chi connectivity index (χ2v) is 6.68. The van der Waals surface area contributed by atoms with Gasteiger partial charge in [0.1, 0.15) is 0 Å². The Morgan fingerprint density at radius 3 is 2.57 bits per heavy atom. The molecule has 2 aromatic rings. The predicted molar refractivity (Wildman–Crippen MR) is 110 cm³/mol. The minimum absolute atomic E-state index is 0.181. The van der Waals surface area contributed by atoms with E-state index in [0.717, 1.165) is 0 Å². The molecule has 1 aliphatic rings. The van der Waals surface area contributed by atoms with Crippen LogP contribution in [0.3, 0.4) is 0 Å². The third kappa shape index (κ3) is 5.25. The fraction of sp³-hybridized carbons (Fsp3) is 0.200. The normalized spacial score (nSPS) is 17.2. The lowest BCUT2D eigenvalue weighted by Gasteiger charge is -2.17. The molecule has 0 unspecified atom stereocenters. The number of carbonyl (C=O) groups is 3. The number of H-pyrrole nitrogens is 1. The van der Waals surface area contributed by atoms with Crippen LogP contribution in [-0.4, -0.2) is 33.3 Å². The molecule has 0 saturated carbocycles. The van der Waals surface area contributed by atoms with E-state index in [1.54, 1.807) is 24.3 Å². The minimum atomic E-state index is -1.25. The molecule has 1 aromatic heterocycles. The third-order valence-corrected chi connectivity index (χ3v) is 4.47. The number of pyridine rings is 1. The summed E-state index contributed by atoms with van der Waals surface area (Å²) in [5, 5.41) is 25.5. The van der Waals surface area contributed by atoms with Crippen molar-refractivity contribution in [3.8, 4) is 11.1 Å². The van der Waals surface area contributed by atoms with Crippen LogP contribution in [-0.2, 0) is 4.79 Å². The van der Waals surface area contributed by atoms with E-state index in [-0.39, 0.29) is 18.0 Å². The highest BCUT2D eigenvalue weighted by molar-refractivity contribution is 5.97. The van der Waals surface area contributed by atoms with Gasteiger partial charge in [0.15, 0.2) is 0 Å². The third-order valence-electron chi connectivity index (χ3n) is 4.47. The molecule has 10 heteroatoms. The highest BCUT2D eigenvalue weighted by Gasteiger charge is 2.18. The zero-order valence-electron chi connectivity index (χ0n) is 15.8. The summed E-state index contributed by atoms with van der Waals surface area (Å²) in [7, 11) is 0. The van der Waals surface area contributed by atoms with Crippen LogP contribution in [0, 0.1) is 0 Å². The Bertz CT molecular complexity index is 1080. The first-order valence-corrected chi connectivity index (χ1v) is 9.15. The molecule has 30 heavy (non-hydrogen) atoms. The van der Waals surface area contributed by atoms with Gasteiger partial charge in [-0.2, -0.15) is 0 Å². The van der Waals surface area contributed by atoms with Gasteiger partial charge >= 0.3 is 12.2 Å². The molecule has 0 aliphatic carbocycles. The Hall–Kier alpha value is -4.08. The first-order chi connectivity index (χ1) is 14.3. The SMILES string of the molecule is O=C(O)Nc1ccc2c(c1)NC(=O)CC/C=C/C[C@H](NC(=O)O)c1cc-2cc(=O)[nH]1. The Kier molecular flexibility index (Phi) is 6.16. The average Bonchev–Trinajstić information content (AvgIpc) is 2.65. The van der Waals surface area contributed by atoms with Crippen LogP contribution < -0.4 is 21.5 Å². The fourth-order valence-corrected chi connectivity index (χ4v) is 3.20. The quantitative estimate of drug-likeness (QED) is 0.415. The average molecular weight is 412 g/mol. The minimum Gasteiger partial charge on any atom is -0.465 e. The Balaban J connectivity index is 2.15. The fourth-order valence-electron chi connectivity index (χ4n) is 3.20. The second-order valence-electron chi connectivity index (χ2n) is 6.68. The van der Waals surface area contributed by atoms with E-state index < -0.39 is 23.8 Å². The van der Waals surface area contributed by atoms with E-state index in [9.17, 15) is 19.2 Å². The summed E-state index contributed by atoms with van der Waals surface area (Å²) >= 11 is 0. The number of aromatic amines is 1. The molecule has 3 amide bonds. The Labute approximate surface area is 170 Å². The first kappa shape index (κ1) is 20.6. The van der Waals surface area contributed by atoms with Crippen LogP contribution in [0.4, 0.5) is 21.0 Å². The van der Waals surface area contributed by atoms with E-state index in [1.807, 2.05) is 0 Å². The number of aromatic nitrogens is 1. The van der Waals surface area contributed by atoms with Crippen molar-refractivity contribution >= 4 is 29.5 Å². The van der Waals surface area contributed by atoms with Gasteiger partial charge in [-0.3, -0.25) is 14.9 Å². The topological polar surface area (TPSA) is 161 Å². The number of benzene rings is 1. The Morgan fingerprint density at radius 1 is 1.03 bits per heavy atom. The van der Waals surface area contributed by atoms with Gasteiger partial charge < -0.3 is 25.8 Å². The van der Waals surface area contributed by atoms with Crippen LogP contribution in [0.25, 0.3) is 11.1 Å². The second kappa shape index (κ2) is 8.95. The number of hydrogen-bond donors (Lipinski definition) is 6. The predicted octanol–water partition coefficient (Wildman–Crippen LogP) is 3.12. The lowest BCUT2D eigenvalue weighted by Crippen LogP contribution is -2.28. The van der Waals surface area contributed by atoms with Gasteiger partial charge in [-0.25, -0.2) is 9.59 Å². The molecule has 1 aliphatic heterocycles. The van der Waals surface area contributed by atoms with Crippen molar-refractivity contribution in [3.05, 3.63) is 58.5 Å². The molecule has 6 N–H and O–H groups in total. The molecule has 10 nitrogen and oxygen atoms in total. The van der Waals surface area contributed by atoms with Crippen LogP contribution in [0.1, 0.15) is 31.0 Å². The number of rotatable bonds is 2. The van der Waals surface area contributed by atoms with E-state index in [4.69, 9.17) is 10.2 Å². The van der Waals surface area contributed by atoms with Crippen LogP contribution in [0.2, 0.25) is 0 Å². The van der Waals surface area contributed by atoms with Crippen LogP contribution in [0.5, 0.6) is 0 Å². The highest BCUT2D eigenvalue weighted by Crippen LogP contribution is 2.32. The summed E-state index contributed by atoms with van der Waals surface area (Å²) in [5.41, 5.74) is 1.45. The van der Waals surface area contributed by atoms with E-state index >= 15 is 0 Å². The molecule has 156 valence electrons. The smallest absolute Gasteiger partial charge is 0.409 e. The standard InChI is InChI=1S/C20H20N4O6/c25-17-5-3-1-2-4-14(24-20(29)30)16-8-11(9-18(26)23-16)13-7-6-12(21-19(27)28)10-15(13)22-17/h1-2,6-10,14,21,24H,3-5H2,(H,22,25)(H,23,26)(H,27,28)(H,29,30)/b2-1+/t14-/m0/s1. The summed E-state index contributed by atoms with van der Waals surface area (Å²) in [6.07, 6.45) is 1.93. The number of hydrogen-bond acceptors (Lipinski definition) is 4. The number of allylic oxidation sites excluding steroid dienone is 1. The molecule has 0 fully saturated rings. The number of fused-ring (bicyclic) bond motifs is 4. The summed E-state index contributed by atoms with van der Waals surface area (Å²) in [6.45, 7) is 0. The highest BCUT2D eigenvalue weighted by atomic mass is 16.4. The molecular weight excluding hydrogens is 392 g/mol. The van der Waals surface area contributed by atoms with Gasteiger partial charge in [0.25, 0.3) is 0 Å². The number of nitrogens with one attached hydrogen (secondary N) is 4. The van der Waals surface area contributed by atoms with Gasteiger partial charge in [0, 0.05) is 29.4 Å². The zero-order chi connectivity index (χ0) is 21.7. The summed E-state index contributed by atoms with van der Waals surface area (Å²) in [6, 6.07) is 6.82. The molecule has 2 heterocycles. The number of carboxylic acid groups (broad SMARTS) is 2. The molecule has 0 spiro atoms. The number of anilines is 2. The van der Waals surface area contributed by atoms with Crippen molar-refractivity contribution in [2.75, 3.05) is 10.6 Å². The largest absolute Gasteiger partial charge is 0.465 e. The maximum Gasteiger partial charge on any atom is 0.409 e. The van der Waals surface area contributed by atoms with Gasteiger partial charge in [0.05, 0.1) is 11.7 Å². The number of amides is 3. The Morgan fingerprint density at radius 2 is 1.83 bits per heavy atom. The van der Waals surface area contributed by atoms with Gasteiger partial charge in [-0.15, -0.1) is 0 Å². The zero-order valence-corrected chi connectivity index (χ0v) is 15.8. The van der Waals surface area contributed by atoms with Crippen molar-refractivity contribution in [2.24, 2.45) is 0 Å². The lowest BCUT2D eigenvalue weighted by atomic mass is 10.0. The summed E-state index contributed by atoms with van der Waals surface area (Å²) < 4.78 is 0. The van der Waals surface area contributed by atoms with Crippen LogP contribution >= 0.6 is 0 Å². The van der Waals surface area contributed by atoms with Crippen molar-refractivity contribution in [3.63, 3.8) is 0 Å². The van der Waals surface area contributed by atoms with Crippen molar-refractivity contribution < 1.29 is 24.6 Å².